The van der Waals surface area contributed by atoms with E-state index in [0.29, 0.717) is 12.6 Å². The Morgan fingerprint density at radius 1 is 1.37 bits per heavy atom. The number of likely N-dealkylation sites (tertiary alicyclic amines) is 1. The van der Waals surface area contributed by atoms with Gasteiger partial charge in [0.25, 0.3) is 5.91 Å². The van der Waals surface area contributed by atoms with E-state index in [9.17, 15) is 4.79 Å². The van der Waals surface area contributed by atoms with Crippen LogP contribution in [0.4, 0.5) is 0 Å². The molecule has 0 aliphatic carbocycles. The highest BCUT2D eigenvalue weighted by Gasteiger charge is 2.18. The van der Waals surface area contributed by atoms with Crippen molar-refractivity contribution in [2.45, 2.75) is 32.7 Å². The maximum Gasteiger partial charge on any atom is 0.251 e. The number of hydrogen-bond acceptors (Lipinski definition) is 2. The lowest BCUT2D eigenvalue weighted by atomic mass is 10.1. The number of rotatable bonds is 4. The highest BCUT2D eigenvalue weighted by molar-refractivity contribution is 9.10. The fourth-order valence-corrected chi connectivity index (χ4v) is 3.13. The molecule has 1 N–H and O–H groups in total. The molecule has 1 fully saturated rings. The van der Waals surface area contributed by atoms with Gasteiger partial charge in [0.2, 0.25) is 0 Å². The van der Waals surface area contributed by atoms with Crippen LogP contribution in [0.15, 0.2) is 22.7 Å². The van der Waals surface area contributed by atoms with E-state index >= 15 is 0 Å². The Labute approximate surface area is 123 Å². The maximum absolute atomic E-state index is 12.1. The van der Waals surface area contributed by atoms with Crippen LogP contribution in [0.1, 0.15) is 35.7 Å². The standard InChI is InChI=1S/C15H21BrN2O/c1-11-7-13(9-14(16)8-11)15(19)17-10-12(2)18-5-3-4-6-18/h7-9,12H,3-6,10H2,1-2H3,(H,17,19). The van der Waals surface area contributed by atoms with Crippen molar-refractivity contribution in [3.63, 3.8) is 0 Å². The average molecular weight is 325 g/mol. The molecule has 0 aromatic heterocycles. The van der Waals surface area contributed by atoms with E-state index in [1.54, 1.807) is 0 Å². The van der Waals surface area contributed by atoms with Crippen molar-refractivity contribution in [3.05, 3.63) is 33.8 Å². The van der Waals surface area contributed by atoms with E-state index in [4.69, 9.17) is 0 Å². The molecule has 1 aliphatic rings. The second kappa shape index (κ2) is 6.53. The van der Waals surface area contributed by atoms with Gasteiger partial charge in [0, 0.05) is 22.6 Å². The van der Waals surface area contributed by atoms with E-state index in [1.165, 1.54) is 12.8 Å². The summed E-state index contributed by atoms with van der Waals surface area (Å²) < 4.78 is 0.949. The molecule has 0 bridgehead atoms. The van der Waals surface area contributed by atoms with Crippen molar-refractivity contribution < 1.29 is 4.79 Å². The smallest absolute Gasteiger partial charge is 0.251 e. The van der Waals surface area contributed by atoms with Gasteiger partial charge in [-0.05, 0) is 63.5 Å². The Hall–Kier alpha value is -0.870. The van der Waals surface area contributed by atoms with Gasteiger partial charge in [-0.1, -0.05) is 15.9 Å². The minimum atomic E-state index is 0.00967. The van der Waals surface area contributed by atoms with Gasteiger partial charge in [-0.15, -0.1) is 0 Å². The first-order chi connectivity index (χ1) is 9.06. The summed E-state index contributed by atoms with van der Waals surface area (Å²) >= 11 is 3.43. The summed E-state index contributed by atoms with van der Waals surface area (Å²) in [5, 5.41) is 3.03. The summed E-state index contributed by atoms with van der Waals surface area (Å²) in [7, 11) is 0. The Balaban J connectivity index is 1.89. The highest BCUT2D eigenvalue weighted by atomic mass is 79.9. The van der Waals surface area contributed by atoms with Gasteiger partial charge in [0.05, 0.1) is 0 Å². The summed E-state index contributed by atoms with van der Waals surface area (Å²) in [6.45, 7) is 7.20. The van der Waals surface area contributed by atoms with Crippen molar-refractivity contribution in [2.75, 3.05) is 19.6 Å². The monoisotopic (exact) mass is 324 g/mol. The van der Waals surface area contributed by atoms with Gasteiger partial charge in [-0.2, -0.15) is 0 Å². The lowest BCUT2D eigenvalue weighted by Crippen LogP contribution is -2.40. The lowest BCUT2D eigenvalue weighted by Gasteiger charge is -2.23. The molecule has 1 aliphatic heterocycles. The molecule has 2 rings (SSSR count). The Kier molecular flexibility index (Phi) is 4.99. The van der Waals surface area contributed by atoms with Crippen molar-refractivity contribution in [3.8, 4) is 0 Å². The van der Waals surface area contributed by atoms with Gasteiger partial charge in [0.1, 0.15) is 0 Å². The molecule has 19 heavy (non-hydrogen) atoms. The minimum Gasteiger partial charge on any atom is -0.350 e. The quantitative estimate of drug-likeness (QED) is 0.923. The number of nitrogens with one attached hydrogen (secondary N) is 1. The first-order valence-electron chi connectivity index (χ1n) is 6.85. The summed E-state index contributed by atoms with van der Waals surface area (Å²) in [6.07, 6.45) is 2.56. The number of halogens is 1. The van der Waals surface area contributed by atoms with Crippen molar-refractivity contribution in [2.24, 2.45) is 0 Å². The fraction of sp³-hybridized carbons (Fsp3) is 0.533. The van der Waals surface area contributed by atoms with E-state index in [1.807, 2.05) is 25.1 Å². The first-order valence-corrected chi connectivity index (χ1v) is 7.65. The summed E-state index contributed by atoms with van der Waals surface area (Å²) in [6, 6.07) is 6.20. The molecule has 4 heteroatoms. The van der Waals surface area contributed by atoms with Gasteiger partial charge >= 0.3 is 0 Å². The Bertz CT molecular complexity index is 435. The van der Waals surface area contributed by atoms with Gasteiger partial charge < -0.3 is 5.32 Å². The topological polar surface area (TPSA) is 32.3 Å². The molecule has 0 spiro atoms. The fourth-order valence-electron chi connectivity index (χ4n) is 2.52. The second-order valence-electron chi connectivity index (χ2n) is 5.32. The van der Waals surface area contributed by atoms with Crippen LogP contribution in [-0.2, 0) is 0 Å². The molecule has 1 atom stereocenters. The lowest BCUT2D eigenvalue weighted by molar-refractivity contribution is 0.0940. The zero-order chi connectivity index (χ0) is 13.8. The number of amides is 1. The summed E-state index contributed by atoms with van der Waals surface area (Å²) in [5.41, 5.74) is 1.81. The molecule has 1 saturated heterocycles. The zero-order valence-electron chi connectivity index (χ0n) is 11.6. The van der Waals surface area contributed by atoms with Crippen LogP contribution in [0.25, 0.3) is 0 Å². The zero-order valence-corrected chi connectivity index (χ0v) is 13.2. The van der Waals surface area contributed by atoms with Crippen LogP contribution in [0.2, 0.25) is 0 Å². The molecular weight excluding hydrogens is 304 g/mol. The van der Waals surface area contributed by atoms with Gasteiger partial charge in [0.15, 0.2) is 0 Å². The van der Waals surface area contributed by atoms with Crippen LogP contribution < -0.4 is 5.32 Å². The molecular formula is C15H21BrN2O. The molecule has 0 saturated carbocycles. The predicted octanol–water partition coefficient (Wildman–Crippen LogP) is 2.97. The third-order valence-electron chi connectivity index (χ3n) is 3.63. The van der Waals surface area contributed by atoms with Crippen molar-refractivity contribution in [1.29, 1.82) is 0 Å². The van der Waals surface area contributed by atoms with E-state index in [0.717, 1.165) is 28.7 Å². The third-order valence-corrected chi connectivity index (χ3v) is 4.08. The second-order valence-corrected chi connectivity index (χ2v) is 6.24. The normalized spacial score (nSPS) is 17.4. The van der Waals surface area contributed by atoms with E-state index < -0.39 is 0 Å². The van der Waals surface area contributed by atoms with E-state index in [2.05, 4.69) is 33.1 Å². The molecule has 1 heterocycles. The van der Waals surface area contributed by atoms with Crippen LogP contribution in [0, 0.1) is 6.92 Å². The molecule has 1 unspecified atom stereocenters. The molecule has 104 valence electrons. The van der Waals surface area contributed by atoms with Gasteiger partial charge in [-0.3, -0.25) is 9.69 Å². The average Bonchev–Trinajstić information content (AvgIpc) is 2.88. The molecule has 1 amide bonds. The highest BCUT2D eigenvalue weighted by Crippen LogP contribution is 2.15. The first kappa shape index (κ1) is 14.5. The largest absolute Gasteiger partial charge is 0.350 e. The Morgan fingerprint density at radius 3 is 2.68 bits per heavy atom. The SMILES string of the molecule is Cc1cc(Br)cc(C(=O)NCC(C)N2CCCC2)c1. The number of carbonyl (C=O) groups is 1. The molecule has 1 aromatic carbocycles. The van der Waals surface area contributed by atoms with Crippen molar-refractivity contribution in [1.82, 2.24) is 10.2 Å². The summed E-state index contributed by atoms with van der Waals surface area (Å²) in [4.78, 5) is 14.6. The third kappa shape index (κ3) is 4.05. The molecule has 3 nitrogen and oxygen atoms in total. The number of nitrogens with zero attached hydrogens (tertiary/aromatic N) is 1. The summed E-state index contributed by atoms with van der Waals surface area (Å²) in [5.74, 6) is 0.00967. The number of hydrogen-bond donors (Lipinski definition) is 1. The number of benzene rings is 1. The molecule has 0 radical (unpaired) electrons. The van der Waals surface area contributed by atoms with Crippen LogP contribution >= 0.6 is 15.9 Å². The van der Waals surface area contributed by atoms with Gasteiger partial charge in [-0.25, -0.2) is 0 Å². The minimum absolute atomic E-state index is 0.00967. The van der Waals surface area contributed by atoms with Crippen LogP contribution in [0.3, 0.4) is 0 Å². The van der Waals surface area contributed by atoms with E-state index in [-0.39, 0.29) is 5.91 Å². The Morgan fingerprint density at radius 2 is 2.05 bits per heavy atom. The van der Waals surface area contributed by atoms with Crippen LogP contribution in [0.5, 0.6) is 0 Å². The number of aryl methyl sites for hydroxylation is 1. The number of carbonyl (C=O) groups excluding carboxylic acids is 1. The predicted molar refractivity (Wildman–Crippen MR) is 81.5 cm³/mol. The van der Waals surface area contributed by atoms with Crippen molar-refractivity contribution >= 4 is 21.8 Å². The maximum atomic E-state index is 12.1. The molecule has 1 aromatic rings. The van der Waals surface area contributed by atoms with Crippen LogP contribution in [-0.4, -0.2) is 36.5 Å².